The van der Waals surface area contributed by atoms with Crippen LogP contribution in [0.3, 0.4) is 0 Å². The number of carbonyl (C=O) groups excluding carboxylic acids is 1. The maximum Gasteiger partial charge on any atom is 0.263 e. The molecule has 164 valence electrons. The number of aromatic nitrogens is 2. The van der Waals surface area contributed by atoms with Gasteiger partial charge in [-0.3, -0.25) is 4.79 Å². The van der Waals surface area contributed by atoms with E-state index in [4.69, 9.17) is 4.74 Å². The van der Waals surface area contributed by atoms with Gasteiger partial charge in [0.15, 0.2) is 6.61 Å². The van der Waals surface area contributed by atoms with Gasteiger partial charge in [-0.1, -0.05) is 59.7 Å². The molecule has 5 nitrogen and oxygen atoms in total. The van der Waals surface area contributed by atoms with Crippen molar-refractivity contribution in [1.29, 1.82) is 0 Å². The van der Waals surface area contributed by atoms with Gasteiger partial charge in [0.05, 0.1) is 11.4 Å². The van der Waals surface area contributed by atoms with E-state index < -0.39 is 0 Å². The third-order valence-corrected chi connectivity index (χ3v) is 4.89. The second kappa shape index (κ2) is 8.53. The van der Waals surface area contributed by atoms with Gasteiger partial charge < -0.3 is 10.1 Å². The highest BCUT2D eigenvalue weighted by atomic mass is 19.1. The lowest BCUT2D eigenvalue weighted by atomic mass is 9.87. The van der Waals surface area contributed by atoms with E-state index in [-0.39, 0.29) is 29.2 Å². The smallest absolute Gasteiger partial charge is 0.263 e. The van der Waals surface area contributed by atoms with Crippen molar-refractivity contribution in [2.75, 3.05) is 11.9 Å². The summed E-state index contributed by atoms with van der Waals surface area (Å²) in [6.07, 6.45) is 0. The summed E-state index contributed by atoms with van der Waals surface area (Å²) >= 11 is 0. The molecule has 0 aliphatic rings. The minimum atomic E-state index is -0.371. The number of amides is 1. The molecule has 0 spiro atoms. The van der Waals surface area contributed by atoms with Crippen LogP contribution < -0.4 is 10.1 Å². The van der Waals surface area contributed by atoms with Gasteiger partial charge in [-0.2, -0.15) is 5.10 Å². The molecule has 0 radical (unpaired) electrons. The quantitative estimate of drug-likeness (QED) is 0.579. The lowest BCUT2D eigenvalue weighted by Gasteiger charge is -2.19. The highest BCUT2D eigenvalue weighted by Gasteiger charge is 2.22. The third kappa shape index (κ3) is 5.72. The SMILES string of the molecule is CC(C)(C)c1ccc(OCC(=O)Nc2cc(C(C)(C)C)nn2-c2cccc(F)c2)cc1. The molecule has 3 rings (SSSR count). The normalized spacial score (nSPS) is 12.0. The van der Waals surface area contributed by atoms with Crippen LogP contribution >= 0.6 is 0 Å². The first kappa shape index (κ1) is 22.5. The molecule has 1 amide bonds. The summed E-state index contributed by atoms with van der Waals surface area (Å²) in [5, 5.41) is 7.43. The summed E-state index contributed by atoms with van der Waals surface area (Å²) in [6.45, 7) is 12.4. The van der Waals surface area contributed by atoms with E-state index in [0.29, 0.717) is 17.3 Å². The Bertz CT molecular complexity index is 1060. The molecule has 1 N–H and O–H groups in total. The monoisotopic (exact) mass is 423 g/mol. The topological polar surface area (TPSA) is 56.1 Å². The van der Waals surface area contributed by atoms with Crippen LogP contribution in [0.25, 0.3) is 5.69 Å². The van der Waals surface area contributed by atoms with Crippen molar-refractivity contribution in [3.63, 3.8) is 0 Å². The Labute approximate surface area is 183 Å². The number of hydrogen-bond donors (Lipinski definition) is 1. The zero-order valence-electron chi connectivity index (χ0n) is 19.0. The Balaban J connectivity index is 1.75. The number of hydrogen-bond acceptors (Lipinski definition) is 3. The summed E-state index contributed by atoms with van der Waals surface area (Å²) in [5.74, 6) is 0.395. The Morgan fingerprint density at radius 2 is 1.68 bits per heavy atom. The summed E-state index contributed by atoms with van der Waals surface area (Å²) in [7, 11) is 0. The molecule has 0 aliphatic heterocycles. The van der Waals surface area contributed by atoms with Gasteiger partial charge in [-0.05, 0) is 41.3 Å². The van der Waals surface area contributed by atoms with E-state index in [2.05, 4.69) is 31.2 Å². The molecule has 1 heterocycles. The molecule has 0 bridgehead atoms. The van der Waals surface area contributed by atoms with Crippen LogP contribution in [0.1, 0.15) is 52.8 Å². The van der Waals surface area contributed by atoms with Crippen molar-refractivity contribution < 1.29 is 13.9 Å². The molecule has 6 heteroatoms. The van der Waals surface area contributed by atoms with Crippen molar-refractivity contribution in [2.24, 2.45) is 0 Å². The van der Waals surface area contributed by atoms with Crippen molar-refractivity contribution in [3.05, 3.63) is 71.7 Å². The van der Waals surface area contributed by atoms with Crippen LogP contribution in [0.15, 0.2) is 54.6 Å². The highest BCUT2D eigenvalue weighted by molar-refractivity contribution is 5.91. The van der Waals surface area contributed by atoms with Gasteiger partial charge in [0.25, 0.3) is 5.91 Å². The van der Waals surface area contributed by atoms with E-state index in [1.165, 1.54) is 17.7 Å². The average Bonchev–Trinajstić information content (AvgIpc) is 3.10. The number of anilines is 1. The van der Waals surface area contributed by atoms with Crippen molar-refractivity contribution >= 4 is 11.7 Å². The molecule has 1 aromatic heterocycles. The first-order chi connectivity index (χ1) is 14.4. The molecule has 0 aliphatic carbocycles. The fourth-order valence-electron chi connectivity index (χ4n) is 3.02. The fraction of sp³-hybridized carbons (Fsp3) is 0.360. The van der Waals surface area contributed by atoms with E-state index in [0.717, 1.165) is 5.69 Å². The largest absolute Gasteiger partial charge is 0.484 e. The molecule has 31 heavy (non-hydrogen) atoms. The fourth-order valence-corrected chi connectivity index (χ4v) is 3.02. The molecular formula is C25H30FN3O2. The summed E-state index contributed by atoms with van der Waals surface area (Å²) in [5.41, 5.74) is 2.33. The number of rotatable bonds is 5. The second-order valence-corrected chi connectivity index (χ2v) is 9.67. The predicted octanol–water partition coefficient (Wildman–Crippen LogP) is 5.62. The first-order valence-electron chi connectivity index (χ1n) is 10.3. The Kier molecular flexibility index (Phi) is 6.20. The third-order valence-electron chi connectivity index (χ3n) is 4.89. The standard InChI is InChI=1S/C25H30FN3O2/c1-24(2,3)17-10-12-20(13-11-17)31-16-23(30)27-22-15-21(25(4,5)6)28-29(22)19-9-7-8-18(26)14-19/h7-15H,16H2,1-6H3,(H,27,30). The minimum Gasteiger partial charge on any atom is -0.484 e. The lowest BCUT2D eigenvalue weighted by molar-refractivity contribution is -0.118. The van der Waals surface area contributed by atoms with Crippen LogP contribution in [0.5, 0.6) is 5.75 Å². The van der Waals surface area contributed by atoms with E-state index in [1.54, 1.807) is 22.9 Å². The van der Waals surface area contributed by atoms with Gasteiger partial charge in [-0.15, -0.1) is 0 Å². The van der Waals surface area contributed by atoms with Gasteiger partial charge in [-0.25, -0.2) is 9.07 Å². The second-order valence-electron chi connectivity index (χ2n) is 9.67. The molecule has 0 saturated carbocycles. The molecular weight excluding hydrogens is 393 g/mol. The molecule has 0 saturated heterocycles. The minimum absolute atomic E-state index is 0.0516. The lowest BCUT2D eigenvalue weighted by Crippen LogP contribution is -2.22. The zero-order chi connectivity index (χ0) is 22.8. The number of nitrogens with zero attached hydrogens (tertiary/aromatic N) is 2. The summed E-state index contributed by atoms with van der Waals surface area (Å²) < 4.78 is 20.9. The van der Waals surface area contributed by atoms with Crippen LogP contribution in [0, 0.1) is 5.82 Å². The van der Waals surface area contributed by atoms with Crippen LogP contribution in [0.4, 0.5) is 10.2 Å². The average molecular weight is 424 g/mol. The summed E-state index contributed by atoms with van der Waals surface area (Å²) in [4.78, 5) is 12.6. The number of ether oxygens (including phenoxy) is 1. The molecule has 0 fully saturated rings. The van der Waals surface area contributed by atoms with Gasteiger partial charge in [0.2, 0.25) is 0 Å². The van der Waals surface area contributed by atoms with Crippen molar-refractivity contribution in [3.8, 4) is 11.4 Å². The van der Waals surface area contributed by atoms with Crippen molar-refractivity contribution in [2.45, 2.75) is 52.4 Å². The van der Waals surface area contributed by atoms with Gasteiger partial charge >= 0.3 is 0 Å². The molecule has 0 atom stereocenters. The van der Waals surface area contributed by atoms with E-state index in [9.17, 15) is 9.18 Å². The first-order valence-corrected chi connectivity index (χ1v) is 10.3. The van der Waals surface area contributed by atoms with Crippen molar-refractivity contribution in [1.82, 2.24) is 9.78 Å². The maximum atomic E-state index is 13.7. The molecule has 3 aromatic rings. The Morgan fingerprint density at radius 1 is 1.00 bits per heavy atom. The number of carbonyl (C=O) groups is 1. The Morgan fingerprint density at radius 3 is 2.26 bits per heavy atom. The van der Waals surface area contributed by atoms with E-state index >= 15 is 0 Å². The highest BCUT2D eigenvalue weighted by Crippen LogP contribution is 2.27. The molecule has 0 unspecified atom stereocenters. The maximum absolute atomic E-state index is 13.7. The van der Waals surface area contributed by atoms with Crippen LogP contribution in [-0.4, -0.2) is 22.3 Å². The van der Waals surface area contributed by atoms with Gasteiger partial charge in [0.1, 0.15) is 17.4 Å². The molecule has 2 aromatic carbocycles. The number of benzene rings is 2. The number of nitrogens with one attached hydrogen (secondary N) is 1. The Hall–Kier alpha value is -3.15. The zero-order valence-corrected chi connectivity index (χ0v) is 19.0. The number of halogens is 1. The van der Waals surface area contributed by atoms with E-state index in [1.807, 2.05) is 45.0 Å². The van der Waals surface area contributed by atoms with Gasteiger partial charge in [0, 0.05) is 11.5 Å². The van der Waals surface area contributed by atoms with Crippen LogP contribution in [0.2, 0.25) is 0 Å². The summed E-state index contributed by atoms with van der Waals surface area (Å²) in [6, 6.07) is 15.6. The predicted molar refractivity (Wildman–Crippen MR) is 121 cm³/mol. The van der Waals surface area contributed by atoms with Crippen LogP contribution in [-0.2, 0) is 15.6 Å².